The van der Waals surface area contributed by atoms with Crippen LogP contribution in [0.2, 0.25) is 0 Å². The molecule has 1 saturated heterocycles. The van der Waals surface area contributed by atoms with Crippen molar-refractivity contribution in [3.05, 3.63) is 24.4 Å². The summed E-state index contributed by atoms with van der Waals surface area (Å²) in [7, 11) is -3.02. The van der Waals surface area contributed by atoms with E-state index < -0.39 is 10.0 Å². The van der Waals surface area contributed by atoms with Crippen molar-refractivity contribution in [2.24, 2.45) is 0 Å². The maximum absolute atomic E-state index is 11.6. The van der Waals surface area contributed by atoms with E-state index in [0.29, 0.717) is 13.1 Å². The normalized spacial score (nSPS) is 19.9. The number of nitrogens with zero attached hydrogens (tertiary/aromatic N) is 2. The molecule has 5 heteroatoms. The van der Waals surface area contributed by atoms with Crippen LogP contribution in [0.5, 0.6) is 0 Å². The van der Waals surface area contributed by atoms with E-state index in [1.807, 2.05) is 19.1 Å². The van der Waals surface area contributed by atoms with E-state index >= 15 is 0 Å². The van der Waals surface area contributed by atoms with Gasteiger partial charge in [0.1, 0.15) is 0 Å². The SMILES string of the molecule is C=C/C(=C\C)N1CCN(S(=O)(=O)CC)CC1. The molecule has 0 radical (unpaired) electrons. The maximum Gasteiger partial charge on any atom is 0.213 e. The standard InChI is InChI=1S/C11H20N2O2S/c1-4-11(5-2)12-7-9-13(10-8-12)16(14,15)6-3/h4-5H,1,6-10H2,2-3H3/b11-5+. The first-order chi connectivity index (χ1) is 7.55. The monoisotopic (exact) mass is 244 g/mol. The van der Waals surface area contributed by atoms with E-state index in [-0.39, 0.29) is 5.75 Å². The van der Waals surface area contributed by atoms with Crippen LogP contribution < -0.4 is 0 Å². The lowest BCUT2D eigenvalue weighted by molar-refractivity contribution is 0.234. The van der Waals surface area contributed by atoms with Crippen molar-refractivity contribution in [3.63, 3.8) is 0 Å². The van der Waals surface area contributed by atoms with Crippen LogP contribution in [0.4, 0.5) is 0 Å². The Hall–Kier alpha value is -0.810. The third-order valence-corrected chi connectivity index (χ3v) is 4.75. The van der Waals surface area contributed by atoms with Gasteiger partial charge in [-0.25, -0.2) is 8.42 Å². The Bertz CT molecular complexity index is 365. The molecule has 0 aromatic rings. The molecule has 0 aliphatic carbocycles. The van der Waals surface area contributed by atoms with Crippen LogP contribution in [0.3, 0.4) is 0 Å². The Morgan fingerprint density at radius 3 is 2.25 bits per heavy atom. The highest BCUT2D eigenvalue weighted by Gasteiger charge is 2.25. The Kier molecular flexibility index (Phi) is 4.56. The van der Waals surface area contributed by atoms with Crippen molar-refractivity contribution >= 4 is 10.0 Å². The van der Waals surface area contributed by atoms with Crippen LogP contribution in [0.1, 0.15) is 13.8 Å². The van der Waals surface area contributed by atoms with Gasteiger partial charge in [-0.05, 0) is 19.9 Å². The predicted octanol–water partition coefficient (Wildman–Crippen LogP) is 1.04. The second kappa shape index (κ2) is 5.50. The molecule has 0 aromatic carbocycles. The summed E-state index contributed by atoms with van der Waals surface area (Å²) >= 11 is 0. The minimum absolute atomic E-state index is 0.185. The summed E-state index contributed by atoms with van der Waals surface area (Å²) in [5.41, 5.74) is 1.08. The van der Waals surface area contributed by atoms with Crippen LogP contribution >= 0.6 is 0 Å². The van der Waals surface area contributed by atoms with Gasteiger partial charge >= 0.3 is 0 Å². The Morgan fingerprint density at radius 2 is 1.88 bits per heavy atom. The van der Waals surface area contributed by atoms with Crippen LogP contribution in [-0.2, 0) is 10.0 Å². The average Bonchev–Trinajstić information content (AvgIpc) is 2.31. The molecule has 0 atom stereocenters. The van der Waals surface area contributed by atoms with E-state index in [4.69, 9.17) is 0 Å². The minimum Gasteiger partial charge on any atom is -0.369 e. The Morgan fingerprint density at radius 1 is 1.31 bits per heavy atom. The minimum atomic E-state index is -3.02. The summed E-state index contributed by atoms with van der Waals surface area (Å²) < 4.78 is 24.9. The maximum atomic E-state index is 11.6. The van der Waals surface area contributed by atoms with E-state index in [1.54, 1.807) is 11.2 Å². The van der Waals surface area contributed by atoms with Crippen molar-refractivity contribution in [3.8, 4) is 0 Å². The zero-order valence-corrected chi connectivity index (χ0v) is 10.8. The van der Waals surface area contributed by atoms with Gasteiger partial charge in [0.05, 0.1) is 5.75 Å². The van der Waals surface area contributed by atoms with Crippen molar-refractivity contribution in [2.45, 2.75) is 13.8 Å². The lowest BCUT2D eigenvalue weighted by Crippen LogP contribution is -2.48. The summed E-state index contributed by atoms with van der Waals surface area (Å²) in [5.74, 6) is 0.185. The second-order valence-corrected chi connectivity index (χ2v) is 5.96. The van der Waals surface area contributed by atoms with Gasteiger partial charge in [-0.3, -0.25) is 0 Å². The second-order valence-electron chi connectivity index (χ2n) is 3.70. The van der Waals surface area contributed by atoms with Crippen LogP contribution in [-0.4, -0.2) is 49.6 Å². The van der Waals surface area contributed by atoms with Gasteiger partial charge in [-0.15, -0.1) is 0 Å². The van der Waals surface area contributed by atoms with E-state index in [2.05, 4.69) is 11.5 Å². The van der Waals surface area contributed by atoms with Crippen molar-refractivity contribution in [2.75, 3.05) is 31.9 Å². The largest absolute Gasteiger partial charge is 0.369 e. The lowest BCUT2D eigenvalue weighted by atomic mass is 10.3. The molecule has 0 N–H and O–H groups in total. The van der Waals surface area contributed by atoms with Gasteiger partial charge in [0.2, 0.25) is 10.0 Å². The van der Waals surface area contributed by atoms with Gasteiger partial charge < -0.3 is 4.90 Å². The van der Waals surface area contributed by atoms with Crippen LogP contribution in [0.15, 0.2) is 24.4 Å². The summed E-state index contributed by atoms with van der Waals surface area (Å²) in [4.78, 5) is 2.16. The van der Waals surface area contributed by atoms with Gasteiger partial charge in [0, 0.05) is 31.9 Å². The average molecular weight is 244 g/mol. The molecule has 0 bridgehead atoms. The molecular formula is C11H20N2O2S. The molecule has 1 fully saturated rings. The molecule has 0 unspecified atom stereocenters. The topological polar surface area (TPSA) is 40.6 Å². The fourth-order valence-corrected chi connectivity index (χ4v) is 2.92. The summed E-state index contributed by atoms with van der Waals surface area (Å²) in [5, 5.41) is 0. The number of piperazine rings is 1. The molecule has 0 saturated carbocycles. The summed E-state index contributed by atoms with van der Waals surface area (Å²) in [6.07, 6.45) is 3.81. The van der Waals surface area contributed by atoms with Gasteiger partial charge in [0.25, 0.3) is 0 Å². The molecule has 1 rings (SSSR count). The van der Waals surface area contributed by atoms with Gasteiger partial charge in [0.15, 0.2) is 0 Å². The smallest absolute Gasteiger partial charge is 0.213 e. The van der Waals surface area contributed by atoms with Crippen molar-refractivity contribution < 1.29 is 8.42 Å². The molecule has 0 aromatic heterocycles. The van der Waals surface area contributed by atoms with Gasteiger partial charge in [-0.2, -0.15) is 4.31 Å². The molecule has 0 amide bonds. The number of hydrogen-bond donors (Lipinski definition) is 0. The molecular weight excluding hydrogens is 224 g/mol. The van der Waals surface area contributed by atoms with E-state index in [1.165, 1.54) is 0 Å². The highest BCUT2D eigenvalue weighted by molar-refractivity contribution is 7.89. The number of allylic oxidation sites excluding steroid dienone is 2. The third-order valence-electron chi connectivity index (χ3n) is 2.87. The van der Waals surface area contributed by atoms with Gasteiger partial charge in [-0.1, -0.05) is 12.7 Å². The highest BCUT2D eigenvalue weighted by atomic mass is 32.2. The predicted molar refractivity (Wildman–Crippen MR) is 66.6 cm³/mol. The zero-order chi connectivity index (χ0) is 12.2. The summed E-state index contributed by atoms with van der Waals surface area (Å²) in [6.45, 7) is 10.0. The van der Waals surface area contributed by atoms with Crippen molar-refractivity contribution in [1.29, 1.82) is 0 Å². The highest BCUT2D eigenvalue weighted by Crippen LogP contribution is 2.13. The molecule has 16 heavy (non-hydrogen) atoms. The molecule has 1 aliphatic heterocycles. The van der Waals surface area contributed by atoms with E-state index in [0.717, 1.165) is 18.8 Å². The first-order valence-corrected chi connectivity index (χ1v) is 7.17. The number of sulfonamides is 1. The van der Waals surface area contributed by atoms with Crippen molar-refractivity contribution in [1.82, 2.24) is 9.21 Å². The molecule has 0 spiro atoms. The third kappa shape index (κ3) is 2.86. The quantitative estimate of drug-likeness (QED) is 0.694. The van der Waals surface area contributed by atoms with Crippen LogP contribution in [0, 0.1) is 0 Å². The first kappa shape index (κ1) is 13.3. The molecule has 1 heterocycles. The zero-order valence-electron chi connectivity index (χ0n) is 10.0. The van der Waals surface area contributed by atoms with Crippen LogP contribution in [0.25, 0.3) is 0 Å². The lowest BCUT2D eigenvalue weighted by Gasteiger charge is -2.35. The Balaban J connectivity index is 2.62. The summed E-state index contributed by atoms with van der Waals surface area (Å²) in [6, 6.07) is 0. The number of hydrogen-bond acceptors (Lipinski definition) is 3. The Labute approximate surface area is 98.3 Å². The fourth-order valence-electron chi connectivity index (χ4n) is 1.84. The van der Waals surface area contributed by atoms with E-state index in [9.17, 15) is 8.42 Å². The number of rotatable bonds is 4. The fraction of sp³-hybridized carbons (Fsp3) is 0.636. The molecule has 92 valence electrons. The molecule has 4 nitrogen and oxygen atoms in total. The molecule has 1 aliphatic rings. The first-order valence-electron chi connectivity index (χ1n) is 5.56.